The maximum atomic E-state index is 12.1. The van der Waals surface area contributed by atoms with E-state index in [1.165, 1.54) is 12.1 Å². The molecule has 0 fully saturated rings. The molecule has 0 atom stereocenters. The molecule has 0 aromatic heterocycles. The number of carbonyl (C=O) groups excluding carboxylic acids is 2. The quantitative estimate of drug-likeness (QED) is 0.705. The summed E-state index contributed by atoms with van der Waals surface area (Å²) in [7, 11) is -3.82. The van der Waals surface area contributed by atoms with E-state index in [4.69, 9.17) is 4.74 Å². The highest BCUT2D eigenvalue weighted by atomic mass is 32.2. The molecule has 0 radical (unpaired) electrons. The van der Waals surface area contributed by atoms with Crippen LogP contribution >= 0.6 is 0 Å². The van der Waals surface area contributed by atoms with Gasteiger partial charge in [0.2, 0.25) is 10.0 Å². The molecule has 0 aliphatic rings. The maximum absolute atomic E-state index is 12.1. The van der Waals surface area contributed by atoms with E-state index in [1.807, 2.05) is 39.0 Å². The largest absolute Gasteiger partial charge is 0.455 e. The second-order valence-electron chi connectivity index (χ2n) is 6.16. The summed E-state index contributed by atoms with van der Waals surface area (Å²) in [5.41, 5.74) is 3.42. The average Bonchev–Trinajstić information content (AvgIpc) is 2.62. The van der Waals surface area contributed by atoms with Crippen LogP contribution < -0.4 is 10.0 Å². The minimum absolute atomic E-state index is 0.0496. The highest BCUT2D eigenvalue weighted by Gasteiger charge is 2.16. The van der Waals surface area contributed by atoms with Crippen LogP contribution in [0.15, 0.2) is 47.4 Å². The number of amides is 1. The van der Waals surface area contributed by atoms with Crippen LogP contribution in [0.2, 0.25) is 0 Å². The molecule has 0 bridgehead atoms. The Morgan fingerprint density at radius 1 is 0.963 bits per heavy atom. The van der Waals surface area contributed by atoms with Gasteiger partial charge in [-0.1, -0.05) is 29.8 Å². The van der Waals surface area contributed by atoms with Crippen molar-refractivity contribution in [2.24, 2.45) is 0 Å². The van der Waals surface area contributed by atoms with Gasteiger partial charge in [0.1, 0.15) is 6.54 Å². The Hall–Kier alpha value is -2.71. The van der Waals surface area contributed by atoms with Gasteiger partial charge in [0, 0.05) is 5.69 Å². The summed E-state index contributed by atoms with van der Waals surface area (Å²) in [6, 6.07) is 11.8. The SMILES string of the molecule is Cc1ccc(S(=O)(=O)NCC(=O)OCC(=O)Nc2cc(C)ccc2C)cc1. The minimum atomic E-state index is -3.82. The van der Waals surface area contributed by atoms with E-state index >= 15 is 0 Å². The minimum Gasteiger partial charge on any atom is -0.455 e. The zero-order chi connectivity index (χ0) is 20.0. The van der Waals surface area contributed by atoms with Gasteiger partial charge in [-0.25, -0.2) is 8.42 Å². The first-order valence-electron chi connectivity index (χ1n) is 8.26. The molecule has 8 heteroatoms. The maximum Gasteiger partial charge on any atom is 0.321 e. The van der Waals surface area contributed by atoms with Crippen LogP contribution in [0, 0.1) is 20.8 Å². The molecule has 0 aliphatic carbocycles. The molecular weight excluding hydrogens is 368 g/mol. The first kappa shape index (κ1) is 20.6. The van der Waals surface area contributed by atoms with Crippen LogP contribution in [-0.4, -0.2) is 33.4 Å². The topological polar surface area (TPSA) is 102 Å². The van der Waals surface area contributed by atoms with Crippen molar-refractivity contribution in [3.05, 3.63) is 59.2 Å². The van der Waals surface area contributed by atoms with E-state index < -0.39 is 35.1 Å². The van der Waals surface area contributed by atoms with Gasteiger partial charge in [-0.2, -0.15) is 4.72 Å². The van der Waals surface area contributed by atoms with Crippen molar-refractivity contribution in [3.63, 3.8) is 0 Å². The lowest BCUT2D eigenvalue weighted by Gasteiger charge is -2.10. The molecule has 0 unspecified atom stereocenters. The number of rotatable bonds is 7. The summed E-state index contributed by atoms with van der Waals surface area (Å²) in [5.74, 6) is -1.35. The Labute approximate surface area is 158 Å². The molecule has 1 amide bonds. The Morgan fingerprint density at radius 3 is 2.26 bits per heavy atom. The zero-order valence-electron chi connectivity index (χ0n) is 15.4. The smallest absolute Gasteiger partial charge is 0.321 e. The van der Waals surface area contributed by atoms with Gasteiger partial charge in [0.15, 0.2) is 6.61 Å². The molecule has 2 aromatic rings. The zero-order valence-corrected chi connectivity index (χ0v) is 16.2. The third kappa shape index (κ3) is 6.19. The van der Waals surface area contributed by atoms with Crippen molar-refractivity contribution in [2.75, 3.05) is 18.5 Å². The lowest BCUT2D eigenvalue weighted by molar-refractivity contribution is -0.146. The number of anilines is 1. The fourth-order valence-electron chi connectivity index (χ4n) is 2.21. The van der Waals surface area contributed by atoms with Crippen LogP contribution in [0.5, 0.6) is 0 Å². The second kappa shape index (κ2) is 8.79. The molecule has 2 N–H and O–H groups in total. The highest BCUT2D eigenvalue weighted by molar-refractivity contribution is 7.89. The Bertz CT molecular complexity index is 937. The Kier molecular flexibility index (Phi) is 6.70. The summed E-state index contributed by atoms with van der Waals surface area (Å²) in [6.45, 7) is 4.52. The van der Waals surface area contributed by atoms with Gasteiger partial charge in [0.05, 0.1) is 4.90 Å². The molecule has 2 aromatic carbocycles. The number of hydrogen-bond donors (Lipinski definition) is 2. The number of nitrogens with one attached hydrogen (secondary N) is 2. The average molecular weight is 390 g/mol. The predicted molar refractivity (Wildman–Crippen MR) is 102 cm³/mol. The van der Waals surface area contributed by atoms with E-state index in [0.29, 0.717) is 5.69 Å². The van der Waals surface area contributed by atoms with Gasteiger partial charge in [0.25, 0.3) is 5.91 Å². The van der Waals surface area contributed by atoms with Crippen molar-refractivity contribution < 1.29 is 22.7 Å². The van der Waals surface area contributed by atoms with E-state index in [1.54, 1.807) is 12.1 Å². The molecule has 0 spiro atoms. The molecule has 2 rings (SSSR count). The number of benzene rings is 2. The normalized spacial score (nSPS) is 11.1. The Balaban J connectivity index is 1.82. The molecule has 0 saturated carbocycles. The van der Waals surface area contributed by atoms with Crippen LogP contribution in [0.1, 0.15) is 16.7 Å². The van der Waals surface area contributed by atoms with Crippen molar-refractivity contribution in [1.82, 2.24) is 4.72 Å². The summed E-state index contributed by atoms with van der Waals surface area (Å²) >= 11 is 0. The van der Waals surface area contributed by atoms with Crippen molar-refractivity contribution in [3.8, 4) is 0 Å². The van der Waals surface area contributed by atoms with Gasteiger partial charge >= 0.3 is 5.97 Å². The number of esters is 1. The molecule has 0 aliphatic heterocycles. The lowest BCUT2D eigenvalue weighted by atomic mass is 10.1. The summed E-state index contributed by atoms with van der Waals surface area (Å²) in [6.07, 6.45) is 0. The predicted octanol–water partition coefficient (Wildman–Crippen LogP) is 2.07. The third-order valence-corrected chi connectivity index (χ3v) is 5.19. The number of ether oxygens (including phenoxy) is 1. The molecule has 0 heterocycles. The van der Waals surface area contributed by atoms with Crippen molar-refractivity contribution >= 4 is 27.6 Å². The van der Waals surface area contributed by atoms with Crippen molar-refractivity contribution in [2.45, 2.75) is 25.7 Å². The standard InChI is InChI=1S/C19H22N2O5S/c1-13-5-8-16(9-6-13)27(24,25)20-11-19(23)26-12-18(22)21-17-10-14(2)4-7-15(17)3/h4-10,20H,11-12H2,1-3H3,(H,21,22). The number of carbonyl (C=O) groups is 2. The highest BCUT2D eigenvalue weighted by Crippen LogP contribution is 2.16. The molecule has 27 heavy (non-hydrogen) atoms. The van der Waals surface area contributed by atoms with E-state index in [9.17, 15) is 18.0 Å². The van der Waals surface area contributed by atoms with Gasteiger partial charge in [-0.05, 0) is 50.1 Å². The number of aryl methyl sites for hydroxylation is 3. The van der Waals surface area contributed by atoms with E-state index in [-0.39, 0.29) is 4.90 Å². The van der Waals surface area contributed by atoms with Crippen LogP contribution in [-0.2, 0) is 24.3 Å². The number of sulfonamides is 1. The lowest BCUT2D eigenvalue weighted by Crippen LogP contribution is -2.32. The van der Waals surface area contributed by atoms with E-state index in [2.05, 4.69) is 10.0 Å². The monoisotopic (exact) mass is 390 g/mol. The second-order valence-corrected chi connectivity index (χ2v) is 7.93. The Morgan fingerprint density at radius 2 is 1.59 bits per heavy atom. The summed E-state index contributed by atoms with van der Waals surface area (Å²) < 4.78 is 31.2. The fraction of sp³-hybridized carbons (Fsp3) is 0.263. The van der Waals surface area contributed by atoms with Crippen molar-refractivity contribution in [1.29, 1.82) is 0 Å². The fourth-order valence-corrected chi connectivity index (χ4v) is 3.18. The first-order valence-corrected chi connectivity index (χ1v) is 9.75. The van der Waals surface area contributed by atoms with Crippen LogP contribution in [0.3, 0.4) is 0 Å². The number of hydrogen-bond acceptors (Lipinski definition) is 5. The van der Waals surface area contributed by atoms with Gasteiger partial charge in [-0.15, -0.1) is 0 Å². The van der Waals surface area contributed by atoms with E-state index in [0.717, 1.165) is 16.7 Å². The molecule has 144 valence electrons. The third-order valence-electron chi connectivity index (χ3n) is 3.77. The summed E-state index contributed by atoms with van der Waals surface area (Å²) in [4.78, 5) is 23.7. The molecule has 7 nitrogen and oxygen atoms in total. The first-order chi connectivity index (χ1) is 12.7. The van der Waals surface area contributed by atoms with Gasteiger partial charge in [-0.3, -0.25) is 9.59 Å². The summed E-state index contributed by atoms with van der Waals surface area (Å²) in [5, 5.41) is 2.66. The molecule has 0 saturated heterocycles. The van der Waals surface area contributed by atoms with Crippen LogP contribution in [0.25, 0.3) is 0 Å². The van der Waals surface area contributed by atoms with Crippen LogP contribution in [0.4, 0.5) is 5.69 Å². The van der Waals surface area contributed by atoms with Gasteiger partial charge < -0.3 is 10.1 Å². The molecular formula is C19H22N2O5S.